The normalized spacial score (nSPS) is 19.8. The molecule has 1 atom stereocenters. The van der Waals surface area contributed by atoms with Gasteiger partial charge < -0.3 is 10.2 Å². The van der Waals surface area contributed by atoms with Crippen molar-refractivity contribution in [1.29, 1.82) is 0 Å². The molecular weight excluding hydrogens is 387 g/mol. The van der Waals surface area contributed by atoms with Crippen molar-refractivity contribution in [2.75, 3.05) is 19.6 Å². The number of nitrogens with one attached hydrogen (secondary N) is 1. The SMILES string of the molecule is CC(C)CN(CC(C)C)C(=O)CN1C(=O)NC(c2ccccc2)(C(F)(F)F)C1=O. The minimum Gasteiger partial charge on any atom is -0.341 e. The summed E-state index contributed by atoms with van der Waals surface area (Å²) in [6, 6.07) is 5.22. The predicted molar refractivity (Wildman–Crippen MR) is 101 cm³/mol. The van der Waals surface area contributed by atoms with E-state index in [1.54, 1.807) is 5.32 Å². The number of hydrogen-bond acceptors (Lipinski definition) is 3. The molecule has 1 heterocycles. The fourth-order valence-electron chi connectivity index (χ4n) is 3.35. The molecule has 0 spiro atoms. The van der Waals surface area contributed by atoms with Crippen LogP contribution in [0.5, 0.6) is 0 Å². The van der Waals surface area contributed by atoms with E-state index in [9.17, 15) is 27.6 Å². The molecule has 6 nitrogen and oxygen atoms in total. The first kappa shape index (κ1) is 22.7. The van der Waals surface area contributed by atoms with Gasteiger partial charge in [-0.25, -0.2) is 4.79 Å². The molecule has 1 saturated heterocycles. The minimum atomic E-state index is -5.07. The highest BCUT2D eigenvalue weighted by molar-refractivity contribution is 6.10. The maximum atomic E-state index is 14.0. The van der Waals surface area contributed by atoms with Crippen LogP contribution in [0.3, 0.4) is 0 Å². The number of imide groups is 1. The Morgan fingerprint density at radius 3 is 2.03 bits per heavy atom. The van der Waals surface area contributed by atoms with Crippen molar-refractivity contribution in [3.05, 3.63) is 35.9 Å². The Labute approximate surface area is 168 Å². The summed E-state index contributed by atoms with van der Waals surface area (Å²) in [5, 5.41) is 1.79. The van der Waals surface area contributed by atoms with E-state index in [1.165, 1.54) is 23.1 Å². The minimum absolute atomic E-state index is 0.124. The van der Waals surface area contributed by atoms with Crippen LogP contribution < -0.4 is 5.32 Å². The number of carbonyl (C=O) groups excluding carboxylic acids is 3. The van der Waals surface area contributed by atoms with E-state index in [1.807, 2.05) is 27.7 Å². The molecular formula is C20H26F3N3O3. The van der Waals surface area contributed by atoms with Gasteiger partial charge in [0.25, 0.3) is 5.91 Å². The number of carbonyl (C=O) groups is 3. The van der Waals surface area contributed by atoms with Gasteiger partial charge in [-0.1, -0.05) is 58.0 Å². The van der Waals surface area contributed by atoms with E-state index in [4.69, 9.17) is 0 Å². The Bertz CT molecular complexity index is 755. The molecule has 1 N–H and O–H groups in total. The van der Waals surface area contributed by atoms with Gasteiger partial charge in [-0.3, -0.25) is 14.5 Å². The summed E-state index contributed by atoms with van der Waals surface area (Å²) >= 11 is 0. The first-order valence-electron chi connectivity index (χ1n) is 9.44. The third kappa shape index (κ3) is 4.54. The van der Waals surface area contributed by atoms with E-state index in [-0.39, 0.29) is 11.8 Å². The zero-order valence-corrected chi connectivity index (χ0v) is 16.9. The van der Waals surface area contributed by atoms with E-state index in [0.717, 1.165) is 12.1 Å². The fraction of sp³-hybridized carbons (Fsp3) is 0.550. The van der Waals surface area contributed by atoms with Gasteiger partial charge in [-0.15, -0.1) is 0 Å². The van der Waals surface area contributed by atoms with Crippen LogP contribution in [0.25, 0.3) is 0 Å². The van der Waals surface area contributed by atoms with Crippen molar-refractivity contribution in [2.45, 2.75) is 39.4 Å². The molecule has 0 aromatic heterocycles. The number of urea groups is 1. The van der Waals surface area contributed by atoms with Crippen molar-refractivity contribution < 1.29 is 27.6 Å². The zero-order chi connectivity index (χ0) is 22.0. The van der Waals surface area contributed by atoms with Gasteiger partial charge >= 0.3 is 12.2 Å². The Kier molecular flexibility index (Phi) is 6.60. The molecule has 1 unspecified atom stereocenters. The Hall–Kier alpha value is -2.58. The van der Waals surface area contributed by atoms with Crippen molar-refractivity contribution in [3.63, 3.8) is 0 Å². The van der Waals surface area contributed by atoms with Crippen LogP contribution in [0.4, 0.5) is 18.0 Å². The highest BCUT2D eigenvalue weighted by Crippen LogP contribution is 2.43. The number of alkyl halides is 3. The molecule has 0 aliphatic carbocycles. The molecule has 1 fully saturated rings. The molecule has 4 amide bonds. The molecule has 160 valence electrons. The topological polar surface area (TPSA) is 69.7 Å². The van der Waals surface area contributed by atoms with Crippen LogP contribution in [0.1, 0.15) is 33.3 Å². The van der Waals surface area contributed by atoms with Gasteiger partial charge in [0.05, 0.1) is 0 Å². The lowest BCUT2D eigenvalue weighted by Gasteiger charge is -2.30. The lowest BCUT2D eigenvalue weighted by atomic mass is 9.89. The second kappa shape index (κ2) is 8.42. The standard InChI is InChI=1S/C20H26F3N3O3/c1-13(2)10-25(11-14(3)4)16(27)12-26-17(28)19(20(21,22)23,24-18(26)29)15-8-6-5-7-9-15/h5-9,13-14H,10-12H2,1-4H3,(H,24,29). The highest BCUT2D eigenvalue weighted by Gasteiger charge is 2.68. The number of rotatable bonds is 7. The quantitative estimate of drug-likeness (QED) is 0.699. The van der Waals surface area contributed by atoms with Crippen molar-refractivity contribution in [3.8, 4) is 0 Å². The molecule has 1 aliphatic heterocycles. The largest absolute Gasteiger partial charge is 0.425 e. The molecule has 2 rings (SSSR count). The molecule has 0 bridgehead atoms. The van der Waals surface area contributed by atoms with Gasteiger partial charge in [0.2, 0.25) is 11.4 Å². The summed E-state index contributed by atoms with van der Waals surface area (Å²) < 4.78 is 41.9. The van der Waals surface area contributed by atoms with Gasteiger partial charge in [0, 0.05) is 13.1 Å². The van der Waals surface area contributed by atoms with E-state index in [2.05, 4.69) is 0 Å². The molecule has 1 aromatic rings. The fourth-order valence-corrected chi connectivity index (χ4v) is 3.35. The monoisotopic (exact) mass is 413 g/mol. The van der Waals surface area contributed by atoms with Gasteiger partial charge in [0.15, 0.2) is 0 Å². The Morgan fingerprint density at radius 1 is 1.07 bits per heavy atom. The van der Waals surface area contributed by atoms with Gasteiger partial charge in [-0.05, 0) is 17.4 Å². The zero-order valence-electron chi connectivity index (χ0n) is 16.9. The van der Waals surface area contributed by atoms with Crippen LogP contribution >= 0.6 is 0 Å². The smallest absolute Gasteiger partial charge is 0.341 e. The summed E-state index contributed by atoms with van der Waals surface area (Å²) in [6.07, 6.45) is -5.07. The maximum absolute atomic E-state index is 14.0. The number of nitrogens with zero attached hydrogens (tertiary/aromatic N) is 2. The van der Waals surface area contributed by atoms with Crippen molar-refractivity contribution in [1.82, 2.24) is 15.1 Å². The molecule has 0 radical (unpaired) electrons. The van der Waals surface area contributed by atoms with Crippen LogP contribution in [-0.4, -0.2) is 53.5 Å². The average molecular weight is 413 g/mol. The molecule has 9 heteroatoms. The number of amides is 4. The number of halogens is 3. The second-order valence-electron chi connectivity index (χ2n) is 8.02. The summed E-state index contributed by atoms with van der Waals surface area (Å²) in [7, 11) is 0. The lowest BCUT2D eigenvalue weighted by molar-refractivity contribution is -0.198. The van der Waals surface area contributed by atoms with Crippen molar-refractivity contribution >= 4 is 17.8 Å². The second-order valence-corrected chi connectivity index (χ2v) is 8.02. The highest BCUT2D eigenvalue weighted by atomic mass is 19.4. The first-order valence-corrected chi connectivity index (χ1v) is 9.44. The Morgan fingerprint density at radius 2 is 1.59 bits per heavy atom. The van der Waals surface area contributed by atoms with Gasteiger partial charge in [0.1, 0.15) is 6.54 Å². The number of benzene rings is 1. The first-order chi connectivity index (χ1) is 13.4. The molecule has 1 aliphatic rings. The molecule has 29 heavy (non-hydrogen) atoms. The summed E-state index contributed by atoms with van der Waals surface area (Å²) in [6.45, 7) is 7.62. The van der Waals surface area contributed by atoms with E-state index >= 15 is 0 Å². The van der Waals surface area contributed by atoms with Crippen LogP contribution in [0.15, 0.2) is 30.3 Å². The third-order valence-electron chi connectivity index (χ3n) is 4.55. The van der Waals surface area contributed by atoms with Crippen molar-refractivity contribution in [2.24, 2.45) is 11.8 Å². The predicted octanol–water partition coefficient (Wildman–Crippen LogP) is 3.14. The van der Waals surface area contributed by atoms with Gasteiger partial charge in [-0.2, -0.15) is 13.2 Å². The lowest BCUT2D eigenvalue weighted by Crippen LogP contribution is -2.56. The number of hydrogen-bond donors (Lipinski definition) is 1. The molecule has 1 aromatic carbocycles. The van der Waals surface area contributed by atoms with E-state index < -0.39 is 41.7 Å². The maximum Gasteiger partial charge on any atom is 0.425 e. The van der Waals surface area contributed by atoms with E-state index in [0.29, 0.717) is 18.0 Å². The Balaban J connectivity index is 2.34. The third-order valence-corrected chi connectivity index (χ3v) is 4.55. The van der Waals surface area contributed by atoms with Crippen LogP contribution in [-0.2, 0) is 15.1 Å². The van der Waals surface area contributed by atoms with Crippen LogP contribution in [0.2, 0.25) is 0 Å². The molecule has 0 saturated carbocycles. The average Bonchev–Trinajstić information content (AvgIpc) is 2.86. The summed E-state index contributed by atoms with van der Waals surface area (Å²) in [5.74, 6) is -1.82. The summed E-state index contributed by atoms with van der Waals surface area (Å²) in [5.41, 5.74) is -3.60. The van der Waals surface area contributed by atoms with Crippen LogP contribution in [0, 0.1) is 11.8 Å². The summed E-state index contributed by atoms with van der Waals surface area (Å²) in [4.78, 5) is 39.8.